The topological polar surface area (TPSA) is 57.5 Å². The van der Waals surface area contributed by atoms with Crippen LogP contribution in [-0.4, -0.2) is 22.4 Å². The molecule has 0 aliphatic carbocycles. The summed E-state index contributed by atoms with van der Waals surface area (Å²) in [5.74, 6) is -1.67. The summed E-state index contributed by atoms with van der Waals surface area (Å²) >= 11 is 0. The summed E-state index contributed by atoms with van der Waals surface area (Å²) in [6.07, 6.45) is -2.33. The minimum absolute atomic E-state index is 0.245. The Morgan fingerprint density at radius 3 is 2.36 bits per heavy atom. The predicted molar refractivity (Wildman–Crippen MR) is 48.5 cm³/mol. The maximum Gasteiger partial charge on any atom is 0.341 e. The van der Waals surface area contributed by atoms with Crippen LogP contribution in [0.1, 0.15) is 12.5 Å². The average Bonchev–Trinajstić information content (AvgIpc) is 2.18. The largest absolute Gasteiger partial charge is 0.479 e. The summed E-state index contributed by atoms with van der Waals surface area (Å²) in [5.41, 5.74) is -1.75. The van der Waals surface area contributed by atoms with Gasteiger partial charge in [-0.05, 0) is 12.5 Å². The lowest BCUT2D eigenvalue weighted by atomic mass is 9.91. The second-order valence-corrected chi connectivity index (χ2v) is 3.21. The molecule has 4 heteroatoms. The predicted octanol–water partition coefficient (Wildman–Crippen LogP) is 1.32. The number of carboxylic acids is 1. The van der Waals surface area contributed by atoms with Crippen molar-refractivity contribution in [1.29, 1.82) is 0 Å². The summed E-state index contributed by atoms with van der Waals surface area (Å²) in [4.78, 5) is 10.4. The highest BCUT2D eigenvalue weighted by Crippen LogP contribution is 2.26. The minimum atomic E-state index is -2.33. The first kappa shape index (κ1) is 10.7. The molecule has 0 aliphatic rings. The van der Waals surface area contributed by atoms with E-state index in [-0.39, 0.29) is 5.56 Å². The lowest BCUT2D eigenvalue weighted by molar-refractivity contribution is -0.153. The quantitative estimate of drug-likeness (QED) is 0.770. The molecule has 1 aromatic carbocycles. The zero-order valence-electron chi connectivity index (χ0n) is 7.64. The van der Waals surface area contributed by atoms with E-state index < -0.39 is 17.7 Å². The summed E-state index contributed by atoms with van der Waals surface area (Å²) < 4.78 is 13.1. The third kappa shape index (κ3) is 1.90. The van der Waals surface area contributed by atoms with Gasteiger partial charge in [0, 0.05) is 0 Å². The van der Waals surface area contributed by atoms with Gasteiger partial charge < -0.3 is 10.2 Å². The highest BCUT2D eigenvalue weighted by Gasteiger charge is 2.39. The number of carbonyl (C=O) groups is 1. The summed E-state index contributed by atoms with van der Waals surface area (Å²) in [7, 11) is 0. The molecule has 0 unspecified atom stereocenters. The van der Waals surface area contributed by atoms with E-state index in [0.717, 1.165) is 6.92 Å². The van der Waals surface area contributed by atoms with Gasteiger partial charge in [-0.15, -0.1) is 0 Å². The van der Waals surface area contributed by atoms with Crippen LogP contribution in [-0.2, 0) is 10.4 Å². The molecule has 3 nitrogen and oxygen atoms in total. The van der Waals surface area contributed by atoms with Crippen LogP contribution in [0.15, 0.2) is 30.3 Å². The summed E-state index contributed by atoms with van der Waals surface area (Å²) in [6, 6.07) is 7.88. The van der Waals surface area contributed by atoms with E-state index in [4.69, 9.17) is 5.11 Å². The van der Waals surface area contributed by atoms with Crippen molar-refractivity contribution >= 4 is 5.97 Å². The zero-order valence-corrected chi connectivity index (χ0v) is 7.64. The molecular weight excluding hydrogens is 187 g/mol. The fraction of sp³-hybridized carbons (Fsp3) is 0.300. The van der Waals surface area contributed by atoms with Crippen LogP contribution in [0, 0.1) is 0 Å². The molecule has 2 atom stereocenters. The molecule has 0 radical (unpaired) electrons. The Kier molecular flexibility index (Phi) is 2.86. The van der Waals surface area contributed by atoms with Gasteiger partial charge >= 0.3 is 5.97 Å². The molecule has 2 N–H and O–H groups in total. The van der Waals surface area contributed by atoms with E-state index in [9.17, 15) is 14.3 Å². The van der Waals surface area contributed by atoms with Crippen LogP contribution in [0.5, 0.6) is 0 Å². The highest BCUT2D eigenvalue weighted by atomic mass is 19.1. The van der Waals surface area contributed by atoms with Crippen molar-refractivity contribution in [1.82, 2.24) is 0 Å². The van der Waals surface area contributed by atoms with E-state index in [1.807, 2.05) is 0 Å². The van der Waals surface area contributed by atoms with Crippen LogP contribution in [0.2, 0.25) is 0 Å². The smallest absolute Gasteiger partial charge is 0.341 e. The first-order valence-electron chi connectivity index (χ1n) is 4.11. The van der Waals surface area contributed by atoms with Gasteiger partial charge in [0.15, 0.2) is 0 Å². The van der Waals surface area contributed by atoms with E-state index in [2.05, 4.69) is 0 Å². The number of hydrogen-bond donors (Lipinski definition) is 2. The maximum absolute atomic E-state index is 13.1. The van der Waals surface area contributed by atoms with E-state index in [0.29, 0.717) is 0 Å². The molecule has 0 spiro atoms. The number of benzene rings is 1. The van der Waals surface area contributed by atoms with Crippen molar-refractivity contribution in [3.63, 3.8) is 0 Å². The molecule has 1 rings (SSSR count). The summed E-state index contributed by atoms with van der Waals surface area (Å²) in [6.45, 7) is 1.14. The third-order valence-electron chi connectivity index (χ3n) is 2.07. The van der Waals surface area contributed by atoms with Gasteiger partial charge in [0.1, 0.15) is 5.60 Å². The van der Waals surface area contributed by atoms with Crippen molar-refractivity contribution in [3.05, 3.63) is 35.9 Å². The van der Waals surface area contributed by atoms with Crippen LogP contribution in [0.25, 0.3) is 0 Å². The van der Waals surface area contributed by atoms with E-state index in [1.165, 1.54) is 12.1 Å². The molecule has 0 bridgehead atoms. The molecule has 0 heterocycles. The number of rotatable bonds is 3. The summed E-state index contributed by atoms with van der Waals surface area (Å²) in [5, 5.41) is 18.1. The van der Waals surface area contributed by atoms with Crippen LogP contribution >= 0.6 is 0 Å². The fourth-order valence-corrected chi connectivity index (χ4v) is 1.16. The van der Waals surface area contributed by atoms with E-state index in [1.54, 1.807) is 18.2 Å². The van der Waals surface area contributed by atoms with Gasteiger partial charge in [0.2, 0.25) is 6.17 Å². The molecular formula is C10H11FO3. The van der Waals surface area contributed by atoms with Crippen molar-refractivity contribution in [2.24, 2.45) is 0 Å². The maximum atomic E-state index is 13.1. The highest BCUT2D eigenvalue weighted by molar-refractivity contribution is 5.74. The SMILES string of the molecule is C[C@@](O)(c1ccccc1)[C@H](F)C(=O)O. The second kappa shape index (κ2) is 3.75. The standard InChI is InChI=1S/C10H11FO3/c1-10(14,8(11)9(12)13)7-5-3-2-4-6-7/h2-6,8,14H,1H3,(H,12,13)/t8-,10-/m1/s1. The Bertz CT molecular complexity index is 321. The van der Waals surface area contributed by atoms with Crippen LogP contribution < -0.4 is 0 Å². The molecule has 0 saturated heterocycles. The van der Waals surface area contributed by atoms with Gasteiger partial charge in [-0.3, -0.25) is 0 Å². The first-order valence-corrected chi connectivity index (χ1v) is 4.11. The molecule has 0 saturated carbocycles. The molecule has 1 aromatic rings. The molecule has 0 fully saturated rings. The Labute approximate surface area is 80.8 Å². The normalized spacial score (nSPS) is 17.1. The average molecular weight is 198 g/mol. The number of hydrogen-bond acceptors (Lipinski definition) is 2. The number of halogens is 1. The zero-order chi connectivity index (χ0) is 10.8. The van der Waals surface area contributed by atoms with Crippen molar-refractivity contribution in [3.8, 4) is 0 Å². The van der Waals surface area contributed by atoms with Gasteiger partial charge in [-0.2, -0.15) is 0 Å². The number of carboxylic acid groups (broad SMARTS) is 1. The van der Waals surface area contributed by atoms with E-state index >= 15 is 0 Å². The van der Waals surface area contributed by atoms with Crippen molar-refractivity contribution < 1.29 is 19.4 Å². The molecule has 0 amide bonds. The van der Waals surface area contributed by atoms with Gasteiger partial charge in [0.05, 0.1) is 0 Å². The second-order valence-electron chi connectivity index (χ2n) is 3.21. The Hall–Kier alpha value is -1.42. The number of alkyl halides is 1. The lowest BCUT2D eigenvalue weighted by Gasteiger charge is -2.24. The molecule has 0 aliphatic heterocycles. The third-order valence-corrected chi connectivity index (χ3v) is 2.07. The molecule has 0 aromatic heterocycles. The molecule has 76 valence electrons. The van der Waals surface area contributed by atoms with Gasteiger partial charge in [-0.25, -0.2) is 9.18 Å². The number of aliphatic carboxylic acids is 1. The number of aliphatic hydroxyl groups is 1. The Morgan fingerprint density at radius 2 is 1.93 bits per heavy atom. The van der Waals surface area contributed by atoms with Crippen LogP contribution in [0.4, 0.5) is 4.39 Å². The van der Waals surface area contributed by atoms with Gasteiger partial charge in [-0.1, -0.05) is 30.3 Å². The lowest BCUT2D eigenvalue weighted by Crippen LogP contribution is -2.39. The molecule has 14 heavy (non-hydrogen) atoms. The van der Waals surface area contributed by atoms with Crippen molar-refractivity contribution in [2.45, 2.75) is 18.7 Å². The van der Waals surface area contributed by atoms with Crippen molar-refractivity contribution in [2.75, 3.05) is 0 Å². The van der Waals surface area contributed by atoms with Gasteiger partial charge in [0.25, 0.3) is 0 Å². The minimum Gasteiger partial charge on any atom is -0.479 e. The monoisotopic (exact) mass is 198 g/mol. The Balaban J connectivity index is 3.02. The fourth-order valence-electron chi connectivity index (χ4n) is 1.16. The Morgan fingerprint density at radius 1 is 1.43 bits per heavy atom. The van der Waals surface area contributed by atoms with Crippen LogP contribution in [0.3, 0.4) is 0 Å². The first-order chi connectivity index (χ1) is 6.46.